The Morgan fingerprint density at radius 2 is 2.00 bits per heavy atom. The summed E-state index contributed by atoms with van der Waals surface area (Å²) in [7, 11) is 0. The first-order valence-electron chi connectivity index (χ1n) is 5.91. The van der Waals surface area contributed by atoms with E-state index in [9.17, 15) is 5.11 Å². The number of nitrogens with zero attached hydrogens (tertiary/aromatic N) is 1. The number of hydrogen-bond acceptors (Lipinski definition) is 2. The van der Waals surface area contributed by atoms with Crippen molar-refractivity contribution in [1.82, 2.24) is 4.90 Å². The van der Waals surface area contributed by atoms with Gasteiger partial charge in [0.1, 0.15) is 0 Å². The molecule has 1 saturated heterocycles. The van der Waals surface area contributed by atoms with E-state index in [1.54, 1.807) is 0 Å². The summed E-state index contributed by atoms with van der Waals surface area (Å²) in [5.41, 5.74) is 0.915. The van der Waals surface area contributed by atoms with Crippen LogP contribution in [0.5, 0.6) is 0 Å². The molecule has 1 aromatic carbocycles. The highest BCUT2D eigenvalue weighted by Crippen LogP contribution is 2.20. The molecule has 2 rings (SSSR count). The lowest BCUT2D eigenvalue weighted by molar-refractivity contribution is 0.101. The topological polar surface area (TPSA) is 23.5 Å². The number of aliphatic hydroxyl groups excluding tert-OH is 1. The molecule has 16 heavy (non-hydrogen) atoms. The molecule has 1 N–H and O–H groups in total. The van der Waals surface area contributed by atoms with Gasteiger partial charge >= 0.3 is 0 Å². The second-order valence-corrected chi connectivity index (χ2v) is 4.87. The Kier molecular flexibility index (Phi) is 4.22. The van der Waals surface area contributed by atoms with E-state index in [0.29, 0.717) is 5.02 Å². The standard InChI is InChI=1S/C13H18ClNO/c14-12-6-4-5-11(9-12)13(16)10-15-7-2-1-3-8-15/h4-6,9,13,16H,1-3,7-8,10H2. The zero-order valence-corrected chi connectivity index (χ0v) is 10.2. The van der Waals surface area contributed by atoms with E-state index in [1.165, 1.54) is 19.3 Å². The SMILES string of the molecule is OC(CN1CCCCC1)c1cccc(Cl)c1. The van der Waals surface area contributed by atoms with Crippen LogP contribution in [0.1, 0.15) is 30.9 Å². The van der Waals surface area contributed by atoms with Crippen LogP contribution in [0.2, 0.25) is 5.02 Å². The van der Waals surface area contributed by atoms with Gasteiger partial charge in [0.2, 0.25) is 0 Å². The molecule has 1 unspecified atom stereocenters. The summed E-state index contributed by atoms with van der Waals surface area (Å²) in [6.07, 6.45) is 3.41. The van der Waals surface area contributed by atoms with Gasteiger partial charge in [0.05, 0.1) is 6.10 Å². The molecular formula is C13H18ClNO. The summed E-state index contributed by atoms with van der Waals surface area (Å²) in [6.45, 7) is 2.94. The first-order valence-corrected chi connectivity index (χ1v) is 6.29. The highest BCUT2D eigenvalue weighted by atomic mass is 35.5. The van der Waals surface area contributed by atoms with Crippen molar-refractivity contribution < 1.29 is 5.11 Å². The van der Waals surface area contributed by atoms with Crippen LogP contribution in [-0.2, 0) is 0 Å². The zero-order valence-electron chi connectivity index (χ0n) is 9.40. The van der Waals surface area contributed by atoms with E-state index in [1.807, 2.05) is 24.3 Å². The lowest BCUT2D eigenvalue weighted by Gasteiger charge is -2.28. The molecular weight excluding hydrogens is 222 g/mol. The first-order chi connectivity index (χ1) is 7.75. The molecule has 0 aliphatic carbocycles. The van der Waals surface area contributed by atoms with E-state index >= 15 is 0 Å². The van der Waals surface area contributed by atoms with Gasteiger partial charge < -0.3 is 10.0 Å². The number of aliphatic hydroxyl groups is 1. The Bertz CT molecular complexity index is 336. The van der Waals surface area contributed by atoms with Gasteiger partial charge in [-0.25, -0.2) is 0 Å². The molecule has 1 aliphatic rings. The lowest BCUT2D eigenvalue weighted by atomic mass is 10.1. The largest absolute Gasteiger partial charge is 0.387 e. The lowest BCUT2D eigenvalue weighted by Crippen LogP contribution is -2.33. The Morgan fingerprint density at radius 3 is 2.69 bits per heavy atom. The van der Waals surface area contributed by atoms with Gasteiger partial charge in [-0.1, -0.05) is 30.2 Å². The van der Waals surface area contributed by atoms with Crippen LogP contribution >= 0.6 is 11.6 Å². The number of benzene rings is 1. The molecule has 1 heterocycles. The van der Waals surface area contributed by atoms with Crippen molar-refractivity contribution in [2.24, 2.45) is 0 Å². The maximum Gasteiger partial charge on any atom is 0.0917 e. The predicted octanol–water partition coefficient (Wildman–Crippen LogP) is 2.86. The van der Waals surface area contributed by atoms with Crippen LogP contribution < -0.4 is 0 Å². The van der Waals surface area contributed by atoms with Gasteiger partial charge in [-0.3, -0.25) is 0 Å². The average Bonchev–Trinajstić information content (AvgIpc) is 2.30. The summed E-state index contributed by atoms with van der Waals surface area (Å²) >= 11 is 5.91. The Balaban J connectivity index is 1.94. The third-order valence-electron chi connectivity index (χ3n) is 3.11. The van der Waals surface area contributed by atoms with E-state index in [0.717, 1.165) is 25.2 Å². The molecule has 3 heteroatoms. The van der Waals surface area contributed by atoms with Crippen LogP contribution in [0.4, 0.5) is 0 Å². The van der Waals surface area contributed by atoms with Gasteiger partial charge in [-0.15, -0.1) is 0 Å². The smallest absolute Gasteiger partial charge is 0.0917 e. The van der Waals surface area contributed by atoms with Gasteiger partial charge in [0.15, 0.2) is 0 Å². The molecule has 1 aliphatic heterocycles. The van der Waals surface area contributed by atoms with Crippen LogP contribution in [-0.4, -0.2) is 29.6 Å². The fraction of sp³-hybridized carbons (Fsp3) is 0.538. The summed E-state index contributed by atoms with van der Waals surface area (Å²) in [5, 5.41) is 10.8. The minimum Gasteiger partial charge on any atom is -0.387 e. The Labute approximate surface area is 102 Å². The molecule has 1 aromatic rings. The normalized spacial score (nSPS) is 19.6. The molecule has 1 fully saturated rings. The number of halogens is 1. The summed E-state index contributed by atoms with van der Waals surface area (Å²) in [4.78, 5) is 2.33. The van der Waals surface area contributed by atoms with Gasteiger partial charge in [-0.05, 0) is 43.6 Å². The first kappa shape index (κ1) is 11.9. The number of β-amino-alcohol motifs (C(OH)–C–C–N with tert-alkyl or cyclic N) is 1. The maximum atomic E-state index is 10.1. The monoisotopic (exact) mass is 239 g/mol. The second-order valence-electron chi connectivity index (χ2n) is 4.43. The molecule has 2 nitrogen and oxygen atoms in total. The second kappa shape index (κ2) is 5.67. The van der Waals surface area contributed by atoms with Crippen LogP contribution in [0, 0.1) is 0 Å². The highest BCUT2D eigenvalue weighted by molar-refractivity contribution is 6.30. The quantitative estimate of drug-likeness (QED) is 0.877. The van der Waals surface area contributed by atoms with Crippen LogP contribution in [0.3, 0.4) is 0 Å². The Morgan fingerprint density at radius 1 is 1.25 bits per heavy atom. The van der Waals surface area contributed by atoms with Gasteiger partial charge in [0.25, 0.3) is 0 Å². The van der Waals surface area contributed by atoms with E-state index in [4.69, 9.17) is 11.6 Å². The molecule has 0 bridgehead atoms. The van der Waals surface area contributed by atoms with Crippen molar-refractivity contribution in [2.45, 2.75) is 25.4 Å². The highest BCUT2D eigenvalue weighted by Gasteiger charge is 2.15. The van der Waals surface area contributed by atoms with Gasteiger partial charge in [-0.2, -0.15) is 0 Å². The minimum absolute atomic E-state index is 0.420. The van der Waals surface area contributed by atoms with Crippen LogP contribution in [0.15, 0.2) is 24.3 Å². The van der Waals surface area contributed by atoms with Crippen molar-refractivity contribution in [3.63, 3.8) is 0 Å². The Hall–Kier alpha value is -0.570. The van der Waals surface area contributed by atoms with Crippen molar-refractivity contribution in [1.29, 1.82) is 0 Å². The predicted molar refractivity (Wildman–Crippen MR) is 66.7 cm³/mol. The minimum atomic E-state index is -0.420. The van der Waals surface area contributed by atoms with Crippen molar-refractivity contribution >= 4 is 11.6 Å². The third-order valence-corrected chi connectivity index (χ3v) is 3.35. The number of piperidine rings is 1. The number of rotatable bonds is 3. The molecule has 0 radical (unpaired) electrons. The van der Waals surface area contributed by atoms with Gasteiger partial charge in [0, 0.05) is 11.6 Å². The van der Waals surface area contributed by atoms with Crippen molar-refractivity contribution in [2.75, 3.05) is 19.6 Å². The summed E-state index contributed by atoms with van der Waals surface area (Å²) in [6, 6.07) is 7.49. The molecule has 88 valence electrons. The van der Waals surface area contributed by atoms with Crippen LogP contribution in [0.25, 0.3) is 0 Å². The van der Waals surface area contributed by atoms with E-state index in [2.05, 4.69) is 4.90 Å². The number of hydrogen-bond donors (Lipinski definition) is 1. The fourth-order valence-electron chi connectivity index (χ4n) is 2.21. The molecule has 1 atom stereocenters. The van der Waals surface area contributed by atoms with E-state index in [-0.39, 0.29) is 0 Å². The third kappa shape index (κ3) is 3.21. The molecule has 0 saturated carbocycles. The summed E-state index contributed by atoms with van der Waals surface area (Å²) < 4.78 is 0. The number of likely N-dealkylation sites (tertiary alicyclic amines) is 1. The van der Waals surface area contributed by atoms with Crippen molar-refractivity contribution in [3.05, 3.63) is 34.9 Å². The zero-order chi connectivity index (χ0) is 11.4. The van der Waals surface area contributed by atoms with Crippen molar-refractivity contribution in [3.8, 4) is 0 Å². The maximum absolute atomic E-state index is 10.1. The fourth-order valence-corrected chi connectivity index (χ4v) is 2.40. The molecule has 0 spiro atoms. The molecule has 0 aromatic heterocycles. The summed E-state index contributed by atoms with van der Waals surface area (Å²) in [5.74, 6) is 0. The molecule has 0 amide bonds. The van der Waals surface area contributed by atoms with E-state index < -0.39 is 6.10 Å². The average molecular weight is 240 g/mol.